The summed E-state index contributed by atoms with van der Waals surface area (Å²) in [7, 11) is 4.10. The molecule has 0 radical (unpaired) electrons. The number of anilines is 1. The largest absolute Gasteiger partial charge is 0.377 e. The lowest BCUT2D eigenvalue weighted by molar-refractivity contribution is -0.688. The highest BCUT2D eigenvalue weighted by atomic mass is 79.9. The molecule has 0 spiro atoms. The van der Waals surface area contributed by atoms with E-state index in [2.05, 4.69) is 74.2 Å². The molecule has 3 heteroatoms. The van der Waals surface area contributed by atoms with E-state index in [1.807, 2.05) is 14.1 Å². The fraction of sp³-hybridized carbons (Fsp3) is 0.214. The molecular weight excluding hydrogens is 276 g/mol. The molecule has 2 rings (SSSR count). The van der Waals surface area contributed by atoms with Gasteiger partial charge in [-0.1, -0.05) is 28.1 Å². The average molecular weight is 292 g/mol. The third-order valence-electron chi connectivity index (χ3n) is 2.67. The van der Waals surface area contributed by atoms with Crippen LogP contribution in [0, 0.1) is 0 Å². The van der Waals surface area contributed by atoms with Crippen molar-refractivity contribution < 1.29 is 4.57 Å². The van der Waals surface area contributed by atoms with Crippen molar-refractivity contribution in [2.45, 2.75) is 6.54 Å². The minimum absolute atomic E-state index is 0.904. The molecule has 0 saturated heterocycles. The molecule has 1 aromatic carbocycles. The maximum absolute atomic E-state index is 3.44. The molecule has 2 aromatic rings. The summed E-state index contributed by atoms with van der Waals surface area (Å²) in [5.41, 5.74) is 2.52. The van der Waals surface area contributed by atoms with Crippen molar-refractivity contribution in [2.75, 3.05) is 19.0 Å². The molecular formula is C14H16BrN2+. The van der Waals surface area contributed by atoms with E-state index < -0.39 is 0 Å². The van der Waals surface area contributed by atoms with Crippen LogP contribution in [-0.4, -0.2) is 14.1 Å². The number of hydrogen-bond acceptors (Lipinski definition) is 1. The van der Waals surface area contributed by atoms with Crippen LogP contribution in [0.3, 0.4) is 0 Å². The number of aromatic nitrogens is 1. The second-order valence-electron chi connectivity index (χ2n) is 4.25. The van der Waals surface area contributed by atoms with Gasteiger partial charge in [-0.25, -0.2) is 4.57 Å². The van der Waals surface area contributed by atoms with Gasteiger partial charge < -0.3 is 4.90 Å². The summed E-state index contributed by atoms with van der Waals surface area (Å²) in [5.74, 6) is 0. The van der Waals surface area contributed by atoms with Crippen molar-refractivity contribution >= 4 is 21.6 Å². The molecule has 2 nitrogen and oxygen atoms in total. The molecule has 0 unspecified atom stereocenters. The van der Waals surface area contributed by atoms with Gasteiger partial charge in [-0.15, -0.1) is 0 Å². The van der Waals surface area contributed by atoms with E-state index in [4.69, 9.17) is 0 Å². The number of pyridine rings is 1. The molecule has 0 aliphatic carbocycles. The Morgan fingerprint density at radius 3 is 2.12 bits per heavy atom. The molecule has 0 fully saturated rings. The molecule has 17 heavy (non-hydrogen) atoms. The molecule has 0 aliphatic heterocycles. The normalized spacial score (nSPS) is 10.3. The smallest absolute Gasteiger partial charge is 0.173 e. The van der Waals surface area contributed by atoms with E-state index in [9.17, 15) is 0 Å². The molecule has 0 saturated carbocycles. The van der Waals surface area contributed by atoms with Gasteiger partial charge in [0.05, 0.1) is 0 Å². The van der Waals surface area contributed by atoms with Gasteiger partial charge in [-0.2, -0.15) is 0 Å². The molecule has 0 N–H and O–H groups in total. The van der Waals surface area contributed by atoms with Gasteiger partial charge in [-0.05, 0) is 12.1 Å². The van der Waals surface area contributed by atoms with Crippen LogP contribution in [0.2, 0.25) is 0 Å². The van der Waals surface area contributed by atoms with Gasteiger partial charge in [0.25, 0.3) is 0 Å². The minimum Gasteiger partial charge on any atom is -0.377 e. The van der Waals surface area contributed by atoms with E-state index in [-0.39, 0.29) is 0 Å². The molecule has 0 bridgehead atoms. The Bertz CT molecular complexity index is 475. The fourth-order valence-electron chi connectivity index (χ4n) is 1.65. The number of nitrogens with zero attached hydrogens (tertiary/aromatic N) is 2. The average Bonchev–Trinajstić information content (AvgIpc) is 2.33. The highest BCUT2D eigenvalue weighted by Gasteiger charge is 2.03. The van der Waals surface area contributed by atoms with Crippen LogP contribution in [0.15, 0.2) is 53.3 Å². The van der Waals surface area contributed by atoms with Crippen molar-refractivity contribution in [3.05, 3.63) is 58.8 Å². The highest BCUT2D eigenvalue weighted by molar-refractivity contribution is 9.10. The van der Waals surface area contributed by atoms with Crippen molar-refractivity contribution in [3.63, 3.8) is 0 Å². The second kappa shape index (κ2) is 5.32. The summed E-state index contributed by atoms with van der Waals surface area (Å²) >= 11 is 3.44. The van der Waals surface area contributed by atoms with Crippen molar-refractivity contribution in [3.8, 4) is 0 Å². The van der Waals surface area contributed by atoms with E-state index in [1.165, 1.54) is 11.3 Å². The van der Waals surface area contributed by atoms with Crippen LogP contribution in [0.4, 0.5) is 5.69 Å². The van der Waals surface area contributed by atoms with Crippen molar-refractivity contribution in [1.29, 1.82) is 0 Å². The molecule has 88 valence electrons. The zero-order chi connectivity index (χ0) is 12.3. The Labute approximate surface area is 111 Å². The first-order chi connectivity index (χ1) is 8.15. The fourth-order valence-corrected chi connectivity index (χ4v) is 1.92. The van der Waals surface area contributed by atoms with Gasteiger partial charge in [0.2, 0.25) is 0 Å². The van der Waals surface area contributed by atoms with Crippen LogP contribution in [-0.2, 0) is 6.54 Å². The number of benzene rings is 1. The highest BCUT2D eigenvalue weighted by Crippen LogP contribution is 2.10. The van der Waals surface area contributed by atoms with E-state index in [0.717, 1.165) is 11.0 Å². The maximum atomic E-state index is 3.44. The standard InChI is InChI=1S/C14H16BrN2/c1-16(2)14-7-9-17(10-8-14)11-12-3-5-13(15)6-4-12/h3-10H,11H2,1-2H3/q+1. The predicted octanol–water partition coefficient (Wildman–Crippen LogP) is 2.85. The van der Waals surface area contributed by atoms with Crippen LogP contribution in [0.1, 0.15) is 5.56 Å². The first-order valence-electron chi connectivity index (χ1n) is 5.56. The number of hydrogen-bond donors (Lipinski definition) is 0. The zero-order valence-electron chi connectivity index (χ0n) is 10.1. The Balaban J connectivity index is 2.11. The Kier molecular flexibility index (Phi) is 3.79. The Hall–Kier alpha value is -1.35. The van der Waals surface area contributed by atoms with Gasteiger partial charge in [0.1, 0.15) is 0 Å². The molecule has 1 aromatic heterocycles. The molecule has 1 heterocycles. The molecule has 0 atom stereocenters. The third kappa shape index (κ3) is 3.30. The van der Waals surface area contributed by atoms with E-state index >= 15 is 0 Å². The van der Waals surface area contributed by atoms with Crippen molar-refractivity contribution in [2.24, 2.45) is 0 Å². The summed E-state index contributed by atoms with van der Waals surface area (Å²) in [4.78, 5) is 2.10. The van der Waals surface area contributed by atoms with E-state index in [1.54, 1.807) is 0 Å². The van der Waals surface area contributed by atoms with Crippen LogP contribution < -0.4 is 9.47 Å². The maximum Gasteiger partial charge on any atom is 0.173 e. The summed E-state index contributed by atoms with van der Waals surface area (Å²) < 4.78 is 3.30. The molecule has 0 aliphatic rings. The van der Waals surface area contributed by atoms with Gasteiger partial charge in [0, 0.05) is 42.0 Å². The van der Waals surface area contributed by atoms with Crippen LogP contribution >= 0.6 is 15.9 Å². The lowest BCUT2D eigenvalue weighted by Crippen LogP contribution is -2.33. The Morgan fingerprint density at radius 2 is 1.59 bits per heavy atom. The summed E-state index contributed by atoms with van der Waals surface area (Å²) in [6, 6.07) is 12.7. The third-order valence-corrected chi connectivity index (χ3v) is 3.20. The summed E-state index contributed by atoms with van der Waals surface area (Å²) in [6.07, 6.45) is 4.22. The first-order valence-corrected chi connectivity index (χ1v) is 6.35. The van der Waals surface area contributed by atoms with Gasteiger partial charge >= 0.3 is 0 Å². The minimum atomic E-state index is 0.904. The van der Waals surface area contributed by atoms with Gasteiger partial charge in [-0.3, -0.25) is 0 Å². The quantitative estimate of drug-likeness (QED) is 0.789. The topological polar surface area (TPSA) is 7.12 Å². The summed E-state index contributed by atoms with van der Waals surface area (Å²) in [5, 5.41) is 0. The monoisotopic (exact) mass is 291 g/mol. The number of halogens is 1. The van der Waals surface area contributed by atoms with E-state index in [0.29, 0.717) is 0 Å². The van der Waals surface area contributed by atoms with Crippen molar-refractivity contribution in [1.82, 2.24) is 0 Å². The van der Waals surface area contributed by atoms with Crippen LogP contribution in [0.5, 0.6) is 0 Å². The predicted molar refractivity (Wildman–Crippen MR) is 74.2 cm³/mol. The second-order valence-corrected chi connectivity index (χ2v) is 5.17. The lowest BCUT2D eigenvalue weighted by atomic mass is 10.2. The summed E-state index contributed by atoms with van der Waals surface area (Å²) in [6.45, 7) is 0.904. The molecule has 0 amide bonds. The SMILES string of the molecule is CN(C)c1cc[n+](Cc2ccc(Br)cc2)cc1. The van der Waals surface area contributed by atoms with Gasteiger partial charge in [0.15, 0.2) is 18.9 Å². The zero-order valence-corrected chi connectivity index (χ0v) is 11.7. The lowest BCUT2D eigenvalue weighted by Gasteiger charge is -2.10. The first kappa shape index (κ1) is 12.1. The Morgan fingerprint density at radius 1 is 1.00 bits per heavy atom. The number of rotatable bonds is 3. The van der Waals surface area contributed by atoms with Crippen LogP contribution in [0.25, 0.3) is 0 Å².